The van der Waals surface area contributed by atoms with Gasteiger partial charge in [-0.3, -0.25) is 9.97 Å². The van der Waals surface area contributed by atoms with Crippen LogP contribution >= 0.6 is 0 Å². The van der Waals surface area contributed by atoms with Gasteiger partial charge in [-0.2, -0.15) is 10.2 Å². The molecule has 0 N–H and O–H groups in total. The average Bonchev–Trinajstić information content (AvgIpc) is 3.12. The first-order chi connectivity index (χ1) is 12.2. The summed E-state index contributed by atoms with van der Waals surface area (Å²) >= 11 is 0. The highest BCUT2D eigenvalue weighted by molar-refractivity contribution is 6.14. The summed E-state index contributed by atoms with van der Waals surface area (Å²) in [5, 5.41) is 11.0. The van der Waals surface area contributed by atoms with Crippen molar-refractivity contribution in [3.05, 3.63) is 90.9 Å². The Balaban J connectivity index is 1.78. The molecule has 1 aliphatic heterocycles. The molecule has 4 rings (SSSR count). The van der Waals surface area contributed by atoms with Crippen molar-refractivity contribution in [2.75, 3.05) is 5.01 Å². The fourth-order valence-corrected chi connectivity index (χ4v) is 2.65. The Bertz CT molecular complexity index is 984. The molecule has 0 spiro atoms. The molecule has 6 heteroatoms. The van der Waals surface area contributed by atoms with Crippen LogP contribution in [0.25, 0.3) is 5.69 Å². The van der Waals surface area contributed by atoms with Crippen LogP contribution in [0.3, 0.4) is 0 Å². The van der Waals surface area contributed by atoms with Crippen LogP contribution in [0, 0.1) is 6.92 Å². The van der Waals surface area contributed by atoms with Gasteiger partial charge in [0.2, 0.25) is 0 Å². The number of nitrogens with zero attached hydrogens (tertiary/aromatic N) is 6. The normalized spacial score (nSPS) is 13.9. The maximum Gasteiger partial charge on any atom is 0.116 e. The fraction of sp³-hybridized carbons (Fsp3) is 0.0526. The topological polar surface area (TPSA) is 59.2 Å². The molecule has 0 radical (unpaired) electrons. The zero-order chi connectivity index (χ0) is 17.2. The van der Waals surface area contributed by atoms with E-state index in [2.05, 4.69) is 21.6 Å². The first-order valence-electron chi connectivity index (χ1n) is 7.85. The Kier molecular flexibility index (Phi) is 3.70. The van der Waals surface area contributed by atoms with Crippen LogP contribution in [0.1, 0.15) is 11.4 Å². The number of allylic oxidation sites excluding steroid dienone is 2. The number of hydrogen-bond acceptors (Lipinski definition) is 5. The number of hydrogen-bond donors (Lipinski definition) is 0. The molecule has 0 fully saturated rings. The Morgan fingerprint density at radius 3 is 2.56 bits per heavy atom. The SMILES string of the molecule is C=C1C=CN(c2ccncc2)N=C1c1ccnn1-c1ccnc(C)c1. The summed E-state index contributed by atoms with van der Waals surface area (Å²) in [4.78, 5) is 8.29. The van der Waals surface area contributed by atoms with Crippen LogP contribution in [-0.4, -0.2) is 25.5 Å². The van der Waals surface area contributed by atoms with Crippen molar-refractivity contribution < 1.29 is 0 Å². The molecule has 0 saturated heterocycles. The molecule has 25 heavy (non-hydrogen) atoms. The van der Waals surface area contributed by atoms with Gasteiger partial charge in [-0.25, -0.2) is 9.69 Å². The van der Waals surface area contributed by atoms with E-state index >= 15 is 0 Å². The third-order valence-electron chi connectivity index (χ3n) is 3.87. The summed E-state index contributed by atoms with van der Waals surface area (Å²) in [5.74, 6) is 0. The summed E-state index contributed by atoms with van der Waals surface area (Å²) in [6.45, 7) is 6.08. The van der Waals surface area contributed by atoms with E-state index in [0.717, 1.165) is 34.0 Å². The second-order valence-electron chi connectivity index (χ2n) is 5.62. The molecule has 0 saturated carbocycles. The van der Waals surface area contributed by atoms with E-state index in [1.165, 1.54) is 0 Å². The van der Waals surface area contributed by atoms with E-state index in [9.17, 15) is 0 Å². The summed E-state index contributed by atoms with van der Waals surface area (Å²) in [6, 6.07) is 9.65. The van der Waals surface area contributed by atoms with Crippen LogP contribution < -0.4 is 5.01 Å². The van der Waals surface area contributed by atoms with Crippen LogP contribution in [0.4, 0.5) is 5.69 Å². The second kappa shape index (κ2) is 6.16. The number of hydrazone groups is 1. The van der Waals surface area contributed by atoms with Crippen LogP contribution in [-0.2, 0) is 0 Å². The van der Waals surface area contributed by atoms with E-state index in [4.69, 9.17) is 5.10 Å². The predicted octanol–water partition coefficient (Wildman–Crippen LogP) is 3.26. The molecule has 6 nitrogen and oxygen atoms in total. The van der Waals surface area contributed by atoms with E-state index in [1.807, 2.05) is 54.2 Å². The number of aryl methyl sites for hydroxylation is 1. The van der Waals surface area contributed by atoms with Crippen molar-refractivity contribution in [3.63, 3.8) is 0 Å². The minimum atomic E-state index is 0.770. The highest BCUT2D eigenvalue weighted by Crippen LogP contribution is 2.22. The lowest BCUT2D eigenvalue weighted by Gasteiger charge is -2.21. The molecule has 3 aromatic heterocycles. The van der Waals surface area contributed by atoms with Gasteiger partial charge < -0.3 is 0 Å². The zero-order valence-electron chi connectivity index (χ0n) is 13.7. The van der Waals surface area contributed by atoms with Crippen LogP contribution in [0.5, 0.6) is 0 Å². The van der Waals surface area contributed by atoms with Gasteiger partial charge in [0.05, 0.1) is 23.3 Å². The minimum absolute atomic E-state index is 0.770. The smallest absolute Gasteiger partial charge is 0.116 e. The monoisotopic (exact) mass is 328 g/mol. The average molecular weight is 328 g/mol. The van der Waals surface area contributed by atoms with Crippen LogP contribution in [0.2, 0.25) is 0 Å². The molecule has 0 amide bonds. The Labute approximate surface area is 145 Å². The van der Waals surface area contributed by atoms with Gasteiger partial charge in [0.15, 0.2) is 0 Å². The van der Waals surface area contributed by atoms with Gasteiger partial charge in [0, 0.05) is 30.5 Å². The number of aromatic nitrogens is 4. The van der Waals surface area contributed by atoms with Crippen molar-refractivity contribution in [1.29, 1.82) is 0 Å². The maximum atomic E-state index is 4.74. The van der Waals surface area contributed by atoms with Crippen molar-refractivity contribution in [3.8, 4) is 5.69 Å². The first-order valence-corrected chi connectivity index (χ1v) is 7.85. The fourth-order valence-electron chi connectivity index (χ4n) is 2.65. The Hall–Kier alpha value is -3.54. The van der Waals surface area contributed by atoms with Gasteiger partial charge in [-0.05, 0) is 48.9 Å². The molecule has 122 valence electrons. The highest BCUT2D eigenvalue weighted by atomic mass is 15.5. The van der Waals surface area contributed by atoms with Crippen molar-refractivity contribution >= 4 is 11.4 Å². The first kappa shape index (κ1) is 15.0. The van der Waals surface area contributed by atoms with Gasteiger partial charge in [-0.1, -0.05) is 6.58 Å². The molecule has 0 aromatic carbocycles. The number of anilines is 1. The van der Waals surface area contributed by atoms with Crippen LogP contribution in [0.15, 0.2) is 84.6 Å². The third kappa shape index (κ3) is 2.85. The Morgan fingerprint density at radius 2 is 1.76 bits per heavy atom. The highest BCUT2D eigenvalue weighted by Gasteiger charge is 2.18. The lowest BCUT2D eigenvalue weighted by Crippen LogP contribution is -2.21. The van der Waals surface area contributed by atoms with E-state index < -0.39 is 0 Å². The van der Waals surface area contributed by atoms with Gasteiger partial charge in [-0.15, -0.1) is 0 Å². The Morgan fingerprint density at radius 1 is 0.960 bits per heavy atom. The van der Waals surface area contributed by atoms with Gasteiger partial charge >= 0.3 is 0 Å². The second-order valence-corrected chi connectivity index (χ2v) is 5.62. The minimum Gasteiger partial charge on any atom is -0.265 e. The summed E-state index contributed by atoms with van der Waals surface area (Å²) in [5.41, 5.74) is 5.28. The van der Waals surface area contributed by atoms with E-state index in [-0.39, 0.29) is 0 Å². The lowest BCUT2D eigenvalue weighted by atomic mass is 10.1. The number of rotatable bonds is 3. The molecule has 1 aliphatic rings. The summed E-state index contributed by atoms with van der Waals surface area (Å²) in [6.07, 6.45) is 10.8. The zero-order valence-corrected chi connectivity index (χ0v) is 13.7. The lowest BCUT2D eigenvalue weighted by molar-refractivity contribution is 0.863. The third-order valence-corrected chi connectivity index (χ3v) is 3.87. The number of pyridine rings is 2. The maximum absolute atomic E-state index is 4.74. The molecule has 0 aliphatic carbocycles. The summed E-state index contributed by atoms with van der Waals surface area (Å²) in [7, 11) is 0. The van der Waals surface area contributed by atoms with Gasteiger partial charge in [0.1, 0.15) is 5.71 Å². The van der Waals surface area contributed by atoms with Crippen molar-refractivity contribution in [1.82, 2.24) is 19.7 Å². The van der Waals surface area contributed by atoms with Gasteiger partial charge in [0.25, 0.3) is 0 Å². The molecule has 0 atom stereocenters. The molecular formula is C19H16N6. The summed E-state index contributed by atoms with van der Waals surface area (Å²) < 4.78 is 1.85. The molecule has 4 heterocycles. The van der Waals surface area contributed by atoms with Crippen molar-refractivity contribution in [2.24, 2.45) is 5.10 Å². The van der Waals surface area contributed by atoms with E-state index in [0.29, 0.717) is 0 Å². The largest absolute Gasteiger partial charge is 0.265 e. The predicted molar refractivity (Wildman–Crippen MR) is 97.6 cm³/mol. The molecule has 3 aromatic rings. The molecule has 0 bridgehead atoms. The molecular weight excluding hydrogens is 312 g/mol. The quantitative estimate of drug-likeness (QED) is 0.740. The molecule has 0 unspecified atom stereocenters. The van der Waals surface area contributed by atoms with Crippen molar-refractivity contribution in [2.45, 2.75) is 6.92 Å². The standard InChI is InChI=1S/C19H16N6/c1-14-7-12-24(16-3-8-20-9-4-16)23-19(14)18-6-11-22-25(18)17-5-10-21-15(2)13-17/h3-13H,1H2,2H3. The van der Waals surface area contributed by atoms with E-state index in [1.54, 1.807) is 29.8 Å².